The van der Waals surface area contributed by atoms with Gasteiger partial charge < -0.3 is 10.6 Å². The number of amides is 1. The summed E-state index contributed by atoms with van der Waals surface area (Å²) in [5.74, 6) is 0.00761. The minimum atomic E-state index is 0.00761. The van der Waals surface area contributed by atoms with Crippen LogP contribution in [0.1, 0.15) is 6.42 Å². The van der Waals surface area contributed by atoms with Crippen LogP contribution in [0.5, 0.6) is 0 Å². The third-order valence-electron chi connectivity index (χ3n) is 2.33. The van der Waals surface area contributed by atoms with Crippen molar-refractivity contribution in [2.24, 2.45) is 0 Å². The van der Waals surface area contributed by atoms with Gasteiger partial charge in [0.25, 0.3) is 0 Å². The summed E-state index contributed by atoms with van der Waals surface area (Å²) in [7, 11) is 1.82. The first kappa shape index (κ1) is 10.6. The Hall–Kier alpha value is -1.88. The van der Waals surface area contributed by atoms with Crippen LogP contribution < -0.4 is 10.6 Å². The van der Waals surface area contributed by atoms with Crippen LogP contribution in [0.3, 0.4) is 0 Å². The molecule has 0 aliphatic carbocycles. The highest BCUT2D eigenvalue weighted by Gasteiger charge is 2.02. The Morgan fingerprint density at radius 3 is 3.19 bits per heavy atom. The summed E-state index contributed by atoms with van der Waals surface area (Å²) in [5, 5.41) is 13.6. The van der Waals surface area contributed by atoms with Crippen LogP contribution in [-0.2, 0) is 4.79 Å². The average molecular weight is 218 g/mol. The number of benzene rings is 1. The van der Waals surface area contributed by atoms with E-state index in [4.69, 9.17) is 0 Å². The van der Waals surface area contributed by atoms with E-state index in [9.17, 15) is 4.79 Å². The number of rotatable bonds is 4. The maximum absolute atomic E-state index is 11.5. The van der Waals surface area contributed by atoms with Gasteiger partial charge in [0.2, 0.25) is 5.91 Å². The molecule has 0 radical (unpaired) electrons. The summed E-state index contributed by atoms with van der Waals surface area (Å²) in [4.78, 5) is 11.5. The van der Waals surface area contributed by atoms with Gasteiger partial charge in [0.15, 0.2) is 0 Å². The molecule has 0 aliphatic heterocycles. The smallest absolute Gasteiger partial charge is 0.225 e. The second-order valence-corrected chi connectivity index (χ2v) is 3.57. The molecule has 2 rings (SSSR count). The van der Waals surface area contributed by atoms with Crippen molar-refractivity contribution >= 4 is 22.5 Å². The van der Waals surface area contributed by atoms with E-state index in [1.807, 2.05) is 25.2 Å². The molecule has 0 bridgehead atoms. The van der Waals surface area contributed by atoms with Crippen LogP contribution in [0.15, 0.2) is 24.4 Å². The zero-order chi connectivity index (χ0) is 11.4. The number of anilines is 1. The average Bonchev–Trinajstić information content (AvgIpc) is 2.73. The molecule has 1 heterocycles. The quantitative estimate of drug-likeness (QED) is 0.720. The summed E-state index contributed by atoms with van der Waals surface area (Å²) in [5.41, 5.74) is 1.71. The van der Waals surface area contributed by atoms with E-state index >= 15 is 0 Å². The Labute approximate surface area is 93.2 Å². The van der Waals surface area contributed by atoms with Gasteiger partial charge in [-0.25, -0.2) is 0 Å². The zero-order valence-corrected chi connectivity index (χ0v) is 9.08. The van der Waals surface area contributed by atoms with Crippen molar-refractivity contribution in [3.05, 3.63) is 24.4 Å². The highest BCUT2D eigenvalue weighted by Crippen LogP contribution is 2.16. The molecule has 84 valence electrons. The lowest BCUT2D eigenvalue weighted by molar-refractivity contribution is -0.116. The number of hydrogen-bond donors (Lipinski definition) is 3. The maximum Gasteiger partial charge on any atom is 0.225 e. The number of carbonyl (C=O) groups excluding carboxylic acids is 1. The number of nitrogens with one attached hydrogen (secondary N) is 3. The Kier molecular flexibility index (Phi) is 3.16. The fraction of sp³-hybridized carbons (Fsp3) is 0.273. The summed E-state index contributed by atoms with van der Waals surface area (Å²) in [6.45, 7) is 0.679. The zero-order valence-electron chi connectivity index (χ0n) is 9.08. The molecule has 0 aliphatic rings. The van der Waals surface area contributed by atoms with Gasteiger partial charge >= 0.3 is 0 Å². The highest BCUT2D eigenvalue weighted by atomic mass is 16.1. The molecular formula is C11H14N4O. The van der Waals surface area contributed by atoms with E-state index in [1.54, 1.807) is 6.20 Å². The SMILES string of the molecule is CNCCC(=O)Nc1ccc2cn[nH]c2c1. The summed E-state index contributed by atoms with van der Waals surface area (Å²) < 4.78 is 0. The van der Waals surface area contributed by atoms with Gasteiger partial charge in [0.1, 0.15) is 0 Å². The van der Waals surface area contributed by atoms with Gasteiger partial charge in [-0.05, 0) is 25.2 Å². The monoisotopic (exact) mass is 218 g/mol. The van der Waals surface area contributed by atoms with Gasteiger partial charge in [0, 0.05) is 24.0 Å². The minimum absolute atomic E-state index is 0.00761. The summed E-state index contributed by atoms with van der Waals surface area (Å²) >= 11 is 0. The van der Waals surface area contributed by atoms with Crippen molar-refractivity contribution in [2.75, 3.05) is 18.9 Å². The minimum Gasteiger partial charge on any atom is -0.326 e. The molecule has 0 fully saturated rings. The van der Waals surface area contributed by atoms with E-state index in [1.165, 1.54) is 0 Å². The van der Waals surface area contributed by atoms with Crippen molar-refractivity contribution in [3.8, 4) is 0 Å². The predicted octanol–water partition coefficient (Wildman–Crippen LogP) is 1.11. The largest absolute Gasteiger partial charge is 0.326 e. The van der Waals surface area contributed by atoms with Crippen LogP contribution in [0.2, 0.25) is 0 Å². The van der Waals surface area contributed by atoms with Gasteiger partial charge in [-0.1, -0.05) is 0 Å². The number of aromatic amines is 1. The van der Waals surface area contributed by atoms with Crippen LogP contribution in [0.4, 0.5) is 5.69 Å². The normalized spacial score (nSPS) is 10.6. The van der Waals surface area contributed by atoms with Crippen LogP contribution >= 0.6 is 0 Å². The first-order valence-electron chi connectivity index (χ1n) is 5.17. The summed E-state index contributed by atoms with van der Waals surface area (Å²) in [6.07, 6.45) is 2.22. The maximum atomic E-state index is 11.5. The van der Waals surface area contributed by atoms with Crippen molar-refractivity contribution in [1.82, 2.24) is 15.5 Å². The van der Waals surface area contributed by atoms with Crippen LogP contribution in [0.25, 0.3) is 10.9 Å². The number of carbonyl (C=O) groups is 1. The molecule has 3 N–H and O–H groups in total. The lowest BCUT2D eigenvalue weighted by Crippen LogP contribution is -2.18. The Balaban J connectivity index is 2.06. The fourth-order valence-corrected chi connectivity index (χ4v) is 1.48. The van der Waals surface area contributed by atoms with E-state index in [-0.39, 0.29) is 5.91 Å². The van der Waals surface area contributed by atoms with Gasteiger partial charge in [-0.3, -0.25) is 9.89 Å². The fourth-order valence-electron chi connectivity index (χ4n) is 1.48. The molecule has 0 atom stereocenters. The number of aromatic nitrogens is 2. The molecule has 1 aromatic heterocycles. The van der Waals surface area contributed by atoms with E-state index in [0.717, 1.165) is 16.6 Å². The Morgan fingerprint density at radius 2 is 2.38 bits per heavy atom. The molecule has 0 saturated heterocycles. The summed E-state index contributed by atoms with van der Waals surface area (Å²) in [6, 6.07) is 5.67. The first-order valence-corrected chi connectivity index (χ1v) is 5.17. The van der Waals surface area contributed by atoms with Crippen LogP contribution in [0, 0.1) is 0 Å². The number of hydrogen-bond acceptors (Lipinski definition) is 3. The molecule has 0 saturated carbocycles. The van der Waals surface area contributed by atoms with Gasteiger partial charge in [0.05, 0.1) is 11.7 Å². The molecule has 5 heteroatoms. The lowest BCUT2D eigenvalue weighted by atomic mass is 10.2. The number of fused-ring (bicyclic) bond motifs is 1. The molecule has 0 spiro atoms. The Morgan fingerprint density at radius 1 is 1.50 bits per heavy atom. The molecule has 1 amide bonds. The van der Waals surface area contributed by atoms with E-state index < -0.39 is 0 Å². The highest BCUT2D eigenvalue weighted by molar-refractivity contribution is 5.93. The topological polar surface area (TPSA) is 69.8 Å². The van der Waals surface area contributed by atoms with E-state index in [0.29, 0.717) is 13.0 Å². The number of nitrogens with zero attached hydrogens (tertiary/aromatic N) is 1. The third-order valence-corrected chi connectivity index (χ3v) is 2.33. The number of H-pyrrole nitrogens is 1. The third kappa shape index (κ3) is 2.38. The second-order valence-electron chi connectivity index (χ2n) is 3.57. The molecular weight excluding hydrogens is 204 g/mol. The second kappa shape index (κ2) is 4.76. The Bertz CT molecular complexity index is 491. The molecule has 5 nitrogen and oxygen atoms in total. The van der Waals surface area contributed by atoms with E-state index in [2.05, 4.69) is 20.8 Å². The van der Waals surface area contributed by atoms with Crippen molar-refractivity contribution < 1.29 is 4.79 Å². The first-order chi connectivity index (χ1) is 7.79. The van der Waals surface area contributed by atoms with Crippen molar-refractivity contribution in [3.63, 3.8) is 0 Å². The predicted molar refractivity (Wildman–Crippen MR) is 63.3 cm³/mol. The standard InChI is InChI=1S/C11H14N4O/c1-12-5-4-11(16)14-9-3-2-8-7-13-15-10(8)6-9/h2-3,6-7,12H,4-5H2,1H3,(H,13,15)(H,14,16). The molecule has 0 unspecified atom stereocenters. The van der Waals surface area contributed by atoms with Gasteiger partial charge in [-0.2, -0.15) is 5.10 Å². The lowest BCUT2D eigenvalue weighted by Gasteiger charge is -2.04. The van der Waals surface area contributed by atoms with Crippen molar-refractivity contribution in [1.29, 1.82) is 0 Å². The molecule has 16 heavy (non-hydrogen) atoms. The van der Waals surface area contributed by atoms with Gasteiger partial charge in [-0.15, -0.1) is 0 Å². The molecule has 2 aromatic rings. The molecule has 1 aromatic carbocycles. The van der Waals surface area contributed by atoms with Crippen LogP contribution in [-0.4, -0.2) is 29.7 Å². The van der Waals surface area contributed by atoms with Crippen molar-refractivity contribution in [2.45, 2.75) is 6.42 Å².